The second kappa shape index (κ2) is 5.43. The Kier molecular flexibility index (Phi) is 3.08. The van der Waals surface area contributed by atoms with Gasteiger partial charge in [0.25, 0.3) is 0 Å². The first-order valence-electron chi connectivity index (χ1n) is 8.23. The van der Waals surface area contributed by atoms with E-state index >= 15 is 0 Å². The summed E-state index contributed by atoms with van der Waals surface area (Å²) in [5, 5.41) is 22.1. The van der Waals surface area contributed by atoms with Gasteiger partial charge < -0.3 is 10.6 Å². The van der Waals surface area contributed by atoms with Crippen LogP contribution >= 0.6 is 0 Å². The van der Waals surface area contributed by atoms with Gasteiger partial charge in [0.15, 0.2) is 5.70 Å². The van der Waals surface area contributed by atoms with Crippen LogP contribution in [0.1, 0.15) is 29.9 Å². The van der Waals surface area contributed by atoms with E-state index in [1.807, 2.05) is 18.2 Å². The van der Waals surface area contributed by atoms with Crippen molar-refractivity contribution >= 4 is 16.9 Å². The molecule has 0 amide bonds. The van der Waals surface area contributed by atoms with Crippen LogP contribution in [0.5, 0.6) is 0 Å². The Bertz CT molecular complexity index is 1020. The number of nitrogens with zero attached hydrogens (tertiary/aromatic N) is 4. The van der Waals surface area contributed by atoms with Crippen LogP contribution in [-0.2, 0) is 0 Å². The van der Waals surface area contributed by atoms with Crippen molar-refractivity contribution in [2.24, 2.45) is 0 Å². The molecule has 1 saturated heterocycles. The molecule has 0 radical (unpaired) electrons. The highest BCUT2D eigenvalue weighted by molar-refractivity contribution is 5.80. The van der Waals surface area contributed by atoms with Crippen molar-refractivity contribution in [3.05, 3.63) is 58.3 Å². The molecule has 4 heterocycles. The van der Waals surface area contributed by atoms with Crippen LogP contribution < -0.4 is 10.6 Å². The highest BCUT2D eigenvalue weighted by Gasteiger charge is 2.36. The molecule has 2 aliphatic heterocycles. The third-order valence-corrected chi connectivity index (χ3v) is 4.95. The summed E-state index contributed by atoms with van der Waals surface area (Å²) >= 11 is 0. The first kappa shape index (κ1) is 14.2. The first-order chi connectivity index (χ1) is 12.4. The van der Waals surface area contributed by atoms with Gasteiger partial charge in [0.05, 0.1) is 18.7 Å². The van der Waals surface area contributed by atoms with Gasteiger partial charge in [-0.15, -0.1) is 0 Å². The minimum absolute atomic E-state index is 0.151. The predicted molar refractivity (Wildman–Crippen MR) is 90.5 cm³/mol. The highest BCUT2D eigenvalue weighted by atomic mass is 16.6. The molecule has 124 valence electrons. The van der Waals surface area contributed by atoms with Gasteiger partial charge in [-0.3, -0.25) is 5.10 Å². The summed E-state index contributed by atoms with van der Waals surface area (Å²) in [7, 11) is 0. The second-order valence-electron chi connectivity index (χ2n) is 6.30. The summed E-state index contributed by atoms with van der Waals surface area (Å²) in [6.07, 6.45) is 3.88. The van der Waals surface area contributed by atoms with Crippen molar-refractivity contribution in [3.8, 4) is 0 Å². The van der Waals surface area contributed by atoms with Gasteiger partial charge >= 0.3 is 0 Å². The molecule has 1 aromatic carbocycles. The van der Waals surface area contributed by atoms with E-state index in [0.29, 0.717) is 16.7 Å². The molecular weight excluding hydrogens is 318 g/mol. The number of fused-ring (bicyclic) bond motifs is 2. The normalized spacial score (nSPS) is 22.7. The Labute approximate surface area is 143 Å². The van der Waals surface area contributed by atoms with E-state index in [2.05, 4.69) is 36.0 Å². The summed E-state index contributed by atoms with van der Waals surface area (Å²) in [5.41, 5.74) is 4.80. The Balaban J connectivity index is 1.75. The maximum atomic E-state index is 7.85. The summed E-state index contributed by atoms with van der Waals surface area (Å²) in [6, 6.07) is 5.90. The molecule has 5 rings (SSSR count). The molecule has 2 unspecified atom stereocenters. The Hall–Kier alpha value is -3.18. The molecule has 25 heavy (non-hydrogen) atoms. The fourth-order valence-corrected chi connectivity index (χ4v) is 3.81. The number of hydrogen-bond acceptors (Lipinski definition) is 6. The van der Waals surface area contributed by atoms with E-state index < -0.39 is 0 Å². The van der Waals surface area contributed by atoms with Gasteiger partial charge in [0.1, 0.15) is 16.9 Å². The van der Waals surface area contributed by atoms with Gasteiger partial charge in [0.2, 0.25) is 0 Å². The summed E-state index contributed by atoms with van der Waals surface area (Å²) in [5.74, 6) is 0.579. The lowest BCUT2D eigenvalue weighted by Crippen LogP contribution is -2.32. The number of hydrogen-bond donors (Lipinski definition) is 3. The Morgan fingerprint density at radius 1 is 1.24 bits per heavy atom. The molecule has 0 saturated carbocycles. The molecule has 3 N–H and O–H groups in total. The zero-order chi connectivity index (χ0) is 16.8. The average molecular weight is 333 g/mol. The number of benzene rings is 1. The molecule has 8 nitrogen and oxygen atoms in total. The SMILES string of the molecule is [C-]#[N+]C1=C(C2CCCN2)Nc2[nH]ncc2C1c1cccc2nonc12. The molecule has 0 aliphatic carbocycles. The van der Waals surface area contributed by atoms with Crippen molar-refractivity contribution in [2.45, 2.75) is 24.8 Å². The van der Waals surface area contributed by atoms with Gasteiger partial charge in [-0.2, -0.15) is 5.10 Å². The zero-order valence-corrected chi connectivity index (χ0v) is 13.3. The lowest BCUT2D eigenvalue weighted by atomic mass is 9.84. The highest BCUT2D eigenvalue weighted by Crippen LogP contribution is 2.44. The van der Waals surface area contributed by atoms with Crippen LogP contribution in [-0.4, -0.2) is 33.1 Å². The van der Waals surface area contributed by atoms with Crippen LogP contribution in [0.4, 0.5) is 5.82 Å². The summed E-state index contributed by atoms with van der Waals surface area (Å²) in [4.78, 5) is 3.91. The molecule has 0 bridgehead atoms. The summed E-state index contributed by atoms with van der Waals surface area (Å²) < 4.78 is 4.92. The molecule has 8 heteroatoms. The van der Waals surface area contributed by atoms with E-state index in [1.165, 1.54) is 0 Å². The van der Waals surface area contributed by atoms with Gasteiger partial charge in [-0.1, -0.05) is 12.1 Å². The largest absolute Gasteiger partial charge is 0.352 e. The number of rotatable bonds is 2. The van der Waals surface area contributed by atoms with Crippen LogP contribution in [0.25, 0.3) is 15.9 Å². The van der Waals surface area contributed by atoms with Crippen molar-refractivity contribution in [2.75, 3.05) is 11.9 Å². The Morgan fingerprint density at radius 2 is 2.20 bits per heavy atom. The minimum Gasteiger partial charge on any atom is -0.352 e. The number of aromatic amines is 1. The molecular formula is C17H15N7O. The van der Waals surface area contributed by atoms with Crippen molar-refractivity contribution in [1.29, 1.82) is 0 Å². The number of allylic oxidation sites excluding steroid dienone is 1. The van der Waals surface area contributed by atoms with Gasteiger partial charge in [-0.05, 0) is 41.3 Å². The Morgan fingerprint density at radius 3 is 3.04 bits per heavy atom. The molecule has 2 aliphatic rings. The topological polar surface area (TPSA) is 96.0 Å². The van der Waals surface area contributed by atoms with Crippen molar-refractivity contribution < 1.29 is 4.63 Å². The average Bonchev–Trinajstić information content (AvgIpc) is 3.40. The van der Waals surface area contributed by atoms with Crippen molar-refractivity contribution in [1.82, 2.24) is 25.8 Å². The van der Waals surface area contributed by atoms with Gasteiger partial charge in [0, 0.05) is 17.3 Å². The van der Waals surface area contributed by atoms with Crippen molar-refractivity contribution in [3.63, 3.8) is 0 Å². The molecule has 3 aromatic rings. The van der Waals surface area contributed by atoms with E-state index in [0.717, 1.165) is 42.0 Å². The van der Waals surface area contributed by atoms with Crippen LogP contribution in [0, 0.1) is 6.57 Å². The monoisotopic (exact) mass is 333 g/mol. The molecule has 1 fully saturated rings. The molecule has 0 spiro atoms. The van der Waals surface area contributed by atoms with Gasteiger partial charge in [-0.25, -0.2) is 9.47 Å². The number of nitrogens with one attached hydrogen (secondary N) is 3. The quantitative estimate of drug-likeness (QED) is 0.623. The van der Waals surface area contributed by atoms with Crippen LogP contribution in [0.15, 0.2) is 40.4 Å². The lowest BCUT2D eigenvalue weighted by molar-refractivity contribution is 0.315. The fraction of sp³-hybridized carbons (Fsp3) is 0.294. The third-order valence-electron chi connectivity index (χ3n) is 4.95. The standard InChI is InChI=1S/C17H15N7O/c1-18-16-13(9-4-2-5-12-14(9)24-25-23-12)10-8-20-22-17(10)21-15(16)11-6-3-7-19-11/h2,4-5,8,11,13,19H,3,6-7H2,(H2,20,21,22). The molecule has 2 atom stereocenters. The molecule has 2 aromatic heterocycles. The predicted octanol–water partition coefficient (Wildman–Crippen LogP) is 2.39. The first-order valence-corrected chi connectivity index (χ1v) is 8.23. The number of aromatic nitrogens is 4. The lowest BCUT2D eigenvalue weighted by Gasteiger charge is -2.29. The minimum atomic E-state index is -0.250. The maximum absolute atomic E-state index is 7.85. The van der Waals surface area contributed by atoms with E-state index in [9.17, 15) is 0 Å². The fourth-order valence-electron chi connectivity index (χ4n) is 3.81. The van der Waals surface area contributed by atoms with Crippen LogP contribution in [0.2, 0.25) is 0 Å². The third kappa shape index (κ3) is 2.06. The van der Waals surface area contributed by atoms with E-state index in [-0.39, 0.29) is 12.0 Å². The zero-order valence-electron chi connectivity index (χ0n) is 13.3. The number of anilines is 1. The van der Waals surface area contributed by atoms with E-state index in [4.69, 9.17) is 11.2 Å². The smallest absolute Gasteiger partial charge is 0.197 e. The second-order valence-corrected chi connectivity index (χ2v) is 6.30. The number of H-pyrrole nitrogens is 1. The maximum Gasteiger partial charge on any atom is 0.197 e. The van der Waals surface area contributed by atoms with Crippen LogP contribution in [0.3, 0.4) is 0 Å². The van der Waals surface area contributed by atoms with E-state index in [1.54, 1.807) is 6.20 Å². The summed E-state index contributed by atoms with van der Waals surface area (Å²) in [6.45, 7) is 8.81.